The lowest BCUT2D eigenvalue weighted by Crippen LogP contribution is -2.48. The normalized spacial score (nSPS) is 18.7. The molecule has 148 valence electrons. The predicted molar refractivity (Wildman–Crippen MR) is 120 cm³/mol. The summed E-state index contributed by atoms with van der Waals surface area (Å²) in [5.74, 6) is 1.35. The maximum absolute atomic E-state index is 5.93. The molecule has 0 spiro atoms. The Balaban J connectivity index is 0.00000261. The van der Waals surface area contributed by atoms with Crippen LogP contribution in [0.5, 0.6) is 0 Å². The number of rotatable bonds is 4. The van der Waals surface area contributed by atoms with Crippen LogP contribution in [0.25, 0.3) is 0 Å². The van der Waals surface area contributed by atoms with Crippen molar-refractivity contribution in [3.05, 3.63) is 53.3 Å². The highest BCUT2D eigenvalue weighted by Crippen LogP contribution is 2.22. The zero-order valence-corrected chi connectivity index (χ0v) is 18.9. The molecule has 2 heterocycles. The molecule has 1 aromatic carbocycles. The molecule has 1 N–H and O–H groups in total. The highest BCUT2D eigenvalue weighted by atomic mass is 127. The van der Waals surface area contributed by atoms with Gasteiger partial charge in [0.25, 0.3) is 0 Å². The number of nitrogens with zero attached hydrogens (tertiary/aromatic N) is 4. The highest BCUT2D eigenvalue weighted by Gasteiger charge is 2.25. The van der Waals surface area contributed by atoms with Gasteiger partial charge < -0.3 is 15.0 Å². The van der Waals surface area contributed by atoms with Gasteiger partial charge in [-0.05, 0) is 18.4 Å². The van der Waals surface area contributed by atoms with Crippen LogP contribution in [0.3, 0.4) is 0 Å². The zero-order chi connectivity index (χ0) is 18.5. The number of hydrogen-bond acceptors (Lipinski definition) is 3. The van der Waals surface area contributed by atoms with Crippen LogP contribution >= 0.6 is 24.0 Å². The van der Waals surface area contributed by atoms with Crippen LogP contribution in [-0.4, -0.2) is 53.9 Å². The molecule has 0 radical (unpaired) electrons. The van der Waals surface area contributed by atoms with E-state index in [1.54, 1.807) is 0 Å². The minimum absolute atomic E-state index is 0. The molecule has 27 heavy (non-hydrogen) atoms. The summed E-state index contributed by atoms with van der Waals surface area (Å²) in [6.07, 6.45) is 3.93. The summed E-state index contributed by atoms with van der Waals surface area (Å²) in [4.78, 5) is 6.75. The van der Waals surface area contributed by atoms with Crippen molar-refractivity contribution in [2.24, 2.45) is 12.0 Å². The second-order valence-corrected chi connectivity index (χ2v) is 6.99. The number of guanidine groups is 1. The molecule has 6 nitrogen and oxygen atoms in total. The number of aryl methyl sites for hydroxylation is 2. The lowest BCUT2D eigenvalue weighted by Gasteiger charge is -2.35. The third-order valence-corrected chi connectivity index (χ3v) is 4.89. The quantitative estimate of drug-likeness (QED) is 0.413. The van der Waals surface area contributed by atoms with Crippen LogP contribution in [0, 0.1) is 6.92 Å². The van der Waals surface area contributed by atoms with Gasteiger partial charge in [-0.2, -0.15) is 5.10 Å². The third-order valence-electron chi connectivity index (χ3n) is 4.89. The molecule has 0 saturated carbocycles. The van der Waals surface area contributed by atoms with Crippen LogP contribution < -0.4 is 5.32 Å². The van der Waals surface area contributed by atoms with Crippen molar-refractivity contribution in [3.8, 4) is 0 Å². The number of ether oxygens (including phenoxy) is 1. The fourth-order valence-corrected chi connectivity index (χ4v) is 3.24. The van der Waals surface area contributed by atoms with Crippen LogP contribution in [0.2, 0.25) is 0 Å². The zero-order valence-electron chi connectivity index (χ0n) is 16.6. The Morgan fingerprint density at radius 2 is 2.11 bits per heavy atom. The van der Waals surface area contributed by atoms with E-state index in [-0.39, 0.29) is 30.1 Å². The molecule has 0 amide bonds. The maximum Gasteiger partial charge on any atom is 0.193 e. The second-order valence-electron chi connectivity index (χ2n) is 6.99. The molecule has 1 saturated heterocycles. The highest BCUT2D eigenvalue weighted by molar-refractivity contribution is 14.0. The van der Waals surface area contributed by atoms with Crippen molar-refractivity contribution in [3.63, 3.8) is 0 Å². The topological polar surface area (TPSA) is 54.7 Å². The average Bonchev–Trinajstić information content (AvgIpc) is 3.09. The lowest BCUT2D eigenvalue weighted by molar-refractivity contribution is -0.00803. The van der Waals surface area contributed by atoms with Crippen LogP contribution in [0.1, 0.15) is 35.6 Å². The molecule has 2 aromatic rings. The number of benzene rings is 1. The predicted octanol–water partition coefficient (Wildman–Crippen LogP) is 3.10. The van der Waals surface area contributed by atoms with E-state index in [9.17, 15) is 0 Å². The van der Waals surface area contributed by atoms with Gasteiger partial charge in [0.05, 0.1) is 19.3 Å². The minimum atomic E-state index is 0. The number of aliphatic imine (C=N–C) groups is 1. The van der Waals surface area contributed by atoms with E-state index in [0.29, 0.717) is 12.5 Å². The monoisotopic (exact) mass is 483 g/mol. The standard InChI is InChI=1S/C20H29N5O.HI/c1-15-5-7-17(8-6-15)16(2)11-22-20(21-3)25-9-10-26-19(14-25)18-12-23-24(4)13-18;/h5-8,12-13,16,19H,9-11,14H2,1-4H3,(H,21,22);1H. The summed E-state index contributed by atoms with van der Waals surface area (Å²) < 4.78 is 7.74. The summed E-state index contributed by atoms with van der Waals surface area (Å²) in [7, 11) is 3.77. The van der Waals surface area contributed by atoms with Gasteiger partial charge in [-0.3, -0.25) is 9.67 Å². The summed E-state index contributed by atoms with van der Waals surface area (Å²) >= 11 is 0. The van der Waals surface area contributed by atoms with Crippen LogP contribution in [-0.2, 0) is 11.8 Å². The Hall–Kier alpha value is -1.61. The van der Waals surface area contributed by atoms with Gasteiger partial charge in [-0.25, -0.2) is 0 Å². The van der Waals surface area contributed by atoms with Gasteiger partial charge in [0.15, 0.2) is 5.96 Å². The van der Waals surface area contributed by atoms with Gasteiger partial charge in [0, 0.05) is 38.9 Å². The molecular formula is C20H30IN5O. The first kappa shape index (κ1) is 21.7. The van der Waals surface area contributed by atoms with Gasteiger partial charge in [0.2, 0.25) is 0 Å². The van der Waals surface area contributed by atoms with Gasteiger partial charge >= 0.3 is 0 Å². The molecule has 3 rings (SSSR count). The molecule has 1 fully saturated rings. The Labute approximate surface area is 179 Å². The summed E-state index contributed by atoms with van der Waals surface area (Å²) in [5, 5.41) is 7.78. The second kappa shape index (κ2) is 10.1. The minimum Gasteiger partial charge on any atom is -0.370 e. The van der Waals surface area contributed by atoms with E-state index in [2.05, 4.69) is 58.4 Å². The molecule has 0 bridgehead atoms. The van der Waals surface area contributed by atoms with Crippen molar-refractivity contribution in [2.75, 3.05) is 33.3 Å². The molecule has 1 aliphatic heterocycles. The molecule has 2 unspecified atom stereocenters. The molecule has 0 aliphatic carbocycles. The molecule has 1 aliphatic rings. The van der Waals surface area contributed by atoms with Gasteiger partial charge in [0.1, 0.15) is 6.10 Å². The first-order chi connectivity index (χ1) is 12.6. The van der Waals surface area contributed by atoms with E-state index in [1.165, 1.54) is 11.1 Å². The molecular weight excluding hydrogens is 453 g/mol. The Morgan fingerprint density at radius 1 is 1.37 bits per heavy atom. The van der Waals surface area contributed by atoms with Crippen molar-refractivity contribution in [2.45, 2.75) is 25.9 Å². The molecule has 1 aromatic heterocycles. The fraction of sp³-hybridized carbons (Fsp3) is 0.500. The average molecular weight is 483 g/mol. The van der Waals surface area contributed by atoms with E-state index in [4.69, 9.17) is 4.74 Å². The molecule has 2 atom stereocenters. The van der Waals surface area contributed by atoms with E-state index >= 15 is 0 Å². The van der Waals surface area contributed by atoms with Crippen LogP contribution in [0.15, 0.2) is 41.7 Å². The third kappa shape index (κ3) is 5.68. The Bertz CT molecular complexity index is 743. The van der Waals surface area contributed by atoms with Crippen molar-refractivity contribution >= 4 is 29.9 Å². The largest absolute Gasteiger partial charge is 0.370 e. The van der Waals surface area contributed by atoms with Crippen LogP contribution in [0.4, 0.5) is 0 Å². The van der Waals surface area contributed by atoms with Gasteiger partial charge in [-0.1, -0.05) is 36.8 Å². The number of aromatic nitrogens is 2. The summed E-state index contributed by atoms with van der Waals surface area (Å²) in [6.45, 7) is 7.52. The lowest BCUT2D eigenvalue weighted by atomic mass is 10.0. The number of nitrogens with one attached hydrogen (secondary N) is 1. The Kier molecular flexibility index (Phi) is 8.09. The van der Waals surface area contributed by atoms with Crippen molar-refractivity contribution < 1.29 is 4.74 Å². The van der Waals surface area contributed by atoms with E-state index in [0.717, 1.165) is 31.2 Å². The maximum atomic E-state index is 5.93. The molecule has 7 heteroatoms. The number of hydrogen-bond donors (Lipinski definition) is 1. The van der Waals surface area contributed by atoms with E-state index < -0.39 is 0 Å². The first-order valence-corrected chi connectivity index (χ1v) is 9.19. The van der Waals surface area contributed by atoms with E-state index in [1.807, 2.05) is 31.2 Å². The van der Waals surface area contributed by atoms with Gasteiger partial charge in [-0.15, -0.1) is 24.0 Å². The fourth-order valence-electron chi connectivity index (χ4n) is 3.24. The number of morpholine rings is 1. The Morgan fingerprint density at radius 3 is 2.74 bits per heavy atom. The van der Waals surface area contributed by atoms with Crippen molar-refractivity contribution in [1.82, 2.24) is 20.0 Å². The van der Waals surface area contributed by atoms with Crippen molar-refractivity contribution in [1.29, 1.82) is 0 Å². The SMILES string of the molecule is CN=C(NCC(C)c1ccc(C)cc1)N1CCOC(c2cnn(C)c2)C1.I. The first-order valence-electron chi connectivity index (χ1n) is 9.19. The smallest absolute Gasteiger partial charge is 0.193 e. The summed E-state index contributed by atoms with van der Waals surface area (Å²) in [6, 6.07) is 8.75. The summed E-state index contributed by atoms with van der Waals surface area (Å²) in [5.41, 5.74) is 3.74. The number of halogens is 1.